The number of hydrogen-bond acceptors (Lipinski definition) is 5. The molecule has 0 bridgehead atoms. The van der Waals surface area contributed by atoms with Crippen molar-refractivity contribution in [1.29, 1.82) is 0 Å². The zero-order valence-corrected chi connectivity index (χ0v) is 17.9. The Morgan fingerprint density at radius 3 is 2.66 bits per heavy atom. The van der Waals surface area contributed by atoms with Crippen molar-refractivity contribution in [3.8, 4) is 5.75 Å². The zero-order chi connectivity index (χ0) is 21.9. The Bertz CT molecular complexity index is 1140. The number of benzene rings is 2. The average molecular weight is 431 g/mol. The van der Waals surface area contributed by atoms with E-state index in [1.54, 1.807) is 4.90 Å². The minimum atomic E-state index is -0.106. The second kappa shape index (κ2) is 8.96. The van der Waals surface area contributed by atoms with E-state index >= 15 is 0 Å². The molecule has 0 atom stereocenters. The van der Waals surface area contributed by atoms with Gasteiger partial charge in [-0.2, -0.15) is 0 Å². The Kier molecular flexibility index (Phi) is 5.73. The third kappa shape index (κ3) is 4.16. The van der Waals surface area contributed by atoms with Crippen LogP contribution in [0.4, 0.5) is 5.69 Å². The largest absolute Gasteiger partial charge is 0.482 e. The summed E-state index contributed by atoms with van der Waals surface area (Å²) in [5.74, 6) is 0.675. The summed E-state index contributed by atoms with van der Waals surface area (Å²) < 4.78 is 5.48. The molecule has 1 fully saturated rings. The molecule has 32 heavy (non-hydrogen) atoms. The molecule has 0 spiro atoms. The van der Waals surface area contributed by atoms with Gasteiger partial charge in [0.2, 0.25) is 5.91 Å². The number of aromatic nitrogens is 1. The Balaban J connectivity index is 1.15. The van der Waals surface area contributed by atoms with Crippen molar-refractivity contribution in [2.45, 2.75) is 13.0 Å². The van der Waals surface area contributed by atoms with Crippen LogP contribution < -0.4 is 9.64 Å². The van der Waals surface area contributed by atoms with Gasteiger partial charge in [-0.15, -0.1) is 0 Å². The summed E-state index contributed by atoms with van der Waals surface area (Å²) in [6.07, 6.45) is 2.15. The Morgan fingerprint density at radius 2 is 1.78 bits per heavy atom. The van der Waals surface area contributed by atoms with Crippen LogP contribution in [-0.4, -0.2) is 65.9 Å². The summed E-state index contributed by atoms with van der Waals surface area (Å²) in [6, 6.07) is 17.8. The van der Waals surface area contributed by atoms with Crippen LogP contribution in [0.15, 0.2) is 60.8 Å². The third-order valence-electron chi connectivity index (χ3n) is 6.19. The molecule has 0 aliphatic carbocycles. The van der Waals surface area contributed by atoms with Crippen LogP contribution in [0, 0.1) is 0 Å². The van der Waals surface area contributed by atoms with Crippen LogP contribution in [0.2, 0.25) is 0 Å². The zero-order valence-electron chi connectivity index (χ0n) is 17.9. The molecule has 2 aromatic carbocycles. The topological polar surface area (TPSA) is 66.0 Å². The fraction of sp³-hybridized carbons (Fsp3) is 0.320. The molecule has 5 rings (SSSR count). The lowest BCUT2D eigenvalue weighted by atomic mass is 10.1. The first-order valence-corrected chi connectivity index (χ1v) is 11.0. The predicted molar refractivity (Wildman–Crippen MR) is 123 cm³/mol. The van der Waals surface area contributed by atoms with E-state index in [4.69, 9.17) is 4.74 Å². The van der Waals surface area contributed by atoms with Crippen molar-refractivity contribution in [1.82, 2.24) is 14.8 Å². The SMILES string of the molecule is O=C(CCN1C(=O)COc2ccccc21)N1CCN(Cc2cccc3cccnc23)CC1. The quantitative estimate of drug-likeness (QED) is 0.623. The van der Waals surface area contributed by atoms with E-state index in [1.165, 1.54) is 5.56 Å². The van der Waals surface area contributed by atoms with Gasteiger partial charge in [0.1, 0.15) is 5.75 Å². The van der Waals surface area contributed by atoms with Crippen molar-refractivity contribution in [2.75, 3.05) is 44.2 Å². The Hall–Kier alpha value is -3.45. The van der Waals surface area contributed by atoms with E-state index in [9.17, 15) is 9.59 Å². The maximum atomic E-state index is 12.8. The minimum absolute atomic E-state index is 0.0207. The number of hydrogen-bond donors (Lipinski definition) is 0. The maximum absolute atomic E-state index is 12.8. The second-order valence-electron chi connectivity index (χ2n) is 8.20. The van der Waals surface area contributed by atoms with E-state index < -0.39 is 0 Å². The van der Waals surface area contributed by atoms with Crippen LogP contribution in [0.1, 0.15) is 12.0 Å². The van der Waals surface area contributed by atoms with E-state index in [0.29, 0.717) is 31.8 Å². The van der Waals surface area contributed by atoms with Gasteiger partial charge in [0.15, 0.2) is 6.61 Å². The lowest BCUT2D eigenvalue weighted by molar-refractivity contribution is -0.132. The molecule has 2 aliphatic heterocycles. The molecule has 2 amide bonds. The minimum Gasteiger partial charge on any atom is -0.482 e. The van der Waals surface area contributed by atoms with E-state index in [0.717, 1.165) is 36.2 Å². The molecular formula is C25H26N4O3. The van der Waals surface area contributed by atoms with E-state index in [2.05, 4.69) is 34.1 Å². The predicted octanol–water partition coefficient (Wildman–Crippen LogP) is 2.69. The van der Waals surface area contributed by atoms with Crippen LogP contribution in [-0.2, 0) is 16.1 Å². The number of fused-ring (bicyclic) bond motifs is 2. The molecular weight excluding hydrogens is 404 g/mol. The van der Waals surface area contributed by atoms with E-state index in [-0.39, 0.29) is 18.4 Å². The summed E-state index contributed by atoms with van der Waals surface area (Å²) >= 11 is 0. The lowest BCUT2D eigenvalue weighted by Crippen LogP contribution is -2.49. The first-order chi connectivity index (χ1) is 15.7. The lowest BCUT2D eigenvalue weighted by Gasteiger charge is -2.35. The van der Waals surface area contributed by atoms with Crippen molar-refractivity contribution in [3.63, 3.8) is 0 Å². The van der Waals surface area contributed by atoms with Gasteiger partial charge in [-0.05, 0) is 23.8 Å². The van der Waals surface area contributed by atoms with Crippen molar-refractivity contribution in [3.05, 3.63) is 66.4 Å². The standard InChI is InChI=1S/C25H26N4O3/c30-23(10-12-29-21-8-1-2-9-22(21)32-18-24(29)31)28-15-13-27(14-16-28)17-20-6-3-5-19-7-4-11-26-25(19)20/h1-9,11H,10,12-18H2. The number of pyridine rings is 1. The number of rotatable bonds is 5. The van der Waals surface area contributed by atoms with Crippen LogP contribution in [0.3, 0.4) is 0 Å². The highest BCUT2D eigenvalue weighted by atomic mass is 16.5. The van der Waals surface area contributed by atoms with Crippen molar-refractivity contribution in [2.24, 2.45) is 0 Å². The monoisotopic (exact) mass is 430 g/mol. The first kappa shape index (κ1) is 20.5. The van der Waals surface area contributed by atoms with Crippen molar-refractivity contribution < 1.29 is 14.3 Å². The molecule has 1 aromatic heterocycles. The fourth-order valence-electron chi connectivity index (χ4n) is 4.46. The van der Waals surface area contributed by atoms with Crippen molar-refractivity contribution >= 4 is 28.4 Å². The van der Waals surface area contributed by atoms with E-state index in [1.807, 2.05) is 41.4 Å². The smallest absolute Gasteiger partial charge is 0.265 e. The van der Waals surface area contributed by atoms with Gasteiger partial charge in [0.25, 0.3) is 5.91 Å². The number of piperazine rings is 1. The Labute approximate surface area is 187 Å². The first-order valence-electron chi connectivity index (χ1n) is 11.0. The number of ether oxygens (including phenoxy) is 1. The summed E-state index contributed by atoms with van der Waals surface area (Å²) in [4.78, 5) is 35.6. The summed E-state index contributed by atoms with van der Waals surface area (Å²) in [5, 5.41) is 1.15. The molecule has 7 nitrogen and oxygen atoms in total. The normalized spacial score (nSPS) is 16.7. The fourth-order valence-corrected chi connectivity index (χ4v) is 4.46. The average Bonchev–Trinajstić information content (AvgIpc) is 2.84. The highest BCUT2D eigenvalue weighted by molar-refractivity contribution is 5.98. The summed E-state index contributed by atoms with van der Waals surface area (Å²) in [6.45, 7) is 4.28. The number of carbonyl (C=O) groups excluding carboxylic acids is 2. The van der Waals surface area contributed by atoms with Crippen LogP contribution in [0.25, 0.3) is 10.9 Å². The highest BCUT2D eigenvalue weighted by Gasteiger charge is 2.27. The summed E-state index contributed by atoms with van der Waals surface area (Å²) in [5.41, 5.74) is 3.00. The summed E-state index contributed by atoms with van der Waals surface area (Å²) in [7, 11) is 0. The number of anilines is 1. The number of para-hydroxylation sites is 3. The van der Waals surface area contributed by atoms with Gasteiger partial charge in [-0.1, -0.05) is 36.4 Å². The van der Waals surface area contributed by atoms with Gasteiger partial charge < -0.3 is 14.5 Å². The third-order valence-corrected chi connectivity index (χ3v) is 6.19. The number of carbonyl (C=O) groups is 2. The van der Waals surface area contributed by atoms with Gasteiger partial charge in [0.05, 0.1) is 11.2 Å². The van der Waals surface area contributed by atoms with Gasteiger partial charge in [-0.25, -0.2) is 0 Å². The van der Waals surface area contributed by atoms with Gasteiger partial charge >= 0.3 is 0 Å². The molecule has 164 valence electrons. The highest BCUT2D eigenvalue weighted by Crippen LogP contribution is 2.31. The van der Waals surface area contributed by atoms with Gasteiger partial charge in [0, 0.05) is 57.3 Å². The molecule has 0 unspecified atom stereocenters. The molecule has 0 saturated carbocycles. The molecule has 7 heteroatoms. The number of amides is 2. The molecule has 1 saturated heterocycles. The van der Waals surface area contributed by atoms with Gasteiger partial charge in [-0.3, -0.25) is 19.5 Å². The van der Waals surface area contributed by atoms with Crippen LogP contribution >= 0.6 is 0 Å². The number of nitrogens with zero attached hydrogens (tertiary/aromatic N) is 4. The second-order valence-corrected chi connectivity index (χ2v) is 8.20. The van der Waals surface area contributed by atoms with Crippen LogP contribution in [0.5, 0.6) is 5.75 Å². The Morgan fingerprint density at radius 1 is 0.969 bits per heavy atom. The molecule has 3 aromatic rings. The molecule has 2 aliphatic rings. The molecule has 0 N–H and O–H groups in total. The maximum Gasteiger partial charge on any atom is 0.265 e. The molecule has 0 radical (unpaired) electrons. The molecule has 3 heterocycles.